The predicted octanol–water partition coefficient (Wildman–Crippen LogP) is 1.42. The van der Waals surface area contributed by atoms with E-state index in [1.807, 2.05) is 0 Å². The van der Waals surface area contributed by atoms with Crippen LogP contribution in [0.5, 0.6) is 0 Å². The lowest BCUT2D eigenvalue weighted by molar-refractivity contribution is 0.175. The van der Waals surface area contributed by atoms with Gasteiger partial charge >= 0.3 is 0 Å². The first-order valence-corrected chi connectivity index (χ1v) is 6.52. The molecule has 0 bridgehead atoms. The van der Waals surface area contributed by atoms with Crippen molar-refractivity contribution in [3.05, 3.63) is 0 Å². The molecule has 1 rings (SSSR count). The zero-order chi connectivity index (χ0) is 9.52. The van der Waals surface area contributed by atoms with E-state index in [0.717, 1.165) is 6.04 Å². The van der Waals surface area contributed by atoms with E-state index in [1.165, 1.54) is 44.1 Å². The van der Waals surface area contributed by atoms with Crippen LogP contribution in [-0.4, -0.2) is 48.6 Å². The molecule has 1 saturated heterocycles. The molecule has 1 fully saturated rings. The van der Waals surface area contributed by atoms with E-state index >= 15 is 0 Å². The van der Waals surface area contributed by atoms with Crippen molar-refractivity contribution in [3.63, 3.8) is 0 Å². The maximum atomic E-state index is 3.42. The van der Waals surface area contributed by atoms with Gasteiger partial charge in [-0.05, 0) is 31.4 Å². The van der Waals surface area contributed by atoms with E-state index < -0.39 is 0 Å². The van der Waals surface area contributed by atoms with Crippen molar-refractivity contribution in [1.29, 1.82) is 0 Å². The summed E-state index contributed by atoms with van der Waals surface area (Å²) in [4.78, 5) is 2.60. The molecule has 1 atom stereocenters. The number of thioether (sulfide) groups is 1. The fourth-order valence-electron chi connectivity index (χ4n) is 1.73. The summed E-state index contributed by atoms with van der Waals surface area (Å²) >= 11 is 2.06. The Morgan fingerprint density at radius 3 is 3.08 bits per heavy atom. The Labute approximate surface area is 86.5 Å². The summed E-state index contributed by atoms with van der Waals surface area (Å²) in [5.74, 6) is 2.59. The van der Waals surface area contributed by atoms with Gasteiger partial charge in [-0.2, -0.15) is 11.8 Å². The van der Waals surface area contributed by atoms with Crippen LogP contribution in [0.25, 0.3) is 0 Å². The van der Waals surface area contributed by atoms with E-state index in [2.05, 4.69) is 35.8 Å². The number of hydrogen-bond donors (Lipinski definition) is 1. The van der Waals surface area contributed by atoms with Crippen LogP contribution in [0.1, 0.15) is 20.3 Å². The SMILES string of the molecule is CCSCCCN1CCNC[C@H]1C. The molecule has 0 aromatic carbocycles. The monoisotopic (exact) mass is 202 g/mol. The van der Waals surface area contributed by atoms with Crippen LogP contribution >= 0.6 is 11.8 Å². The third kappa shape index (κ3) is 4.34. The number of nitrogens with one attached hydrogen (secondary N) is 1. The first-order valence-electron chi connectivity index (χ1n) is 5.37. The summed E-state index contributed by atoms with van der Waals surface area (Å²) in [6.45, 7) is 9.41. The maximum absolute atomic E-state index is 3.42. The van der Waals surface area contributed by atoms with Crippen LogP contribution in [0.15, 0.2) is 0 Å². The first-order chi connectivity index (χ1) is 6.34. The lowest BCUT2D eigenvalue weighted by Crippen LogP contribution is -2.49. The molecule has 1 aliphatic heterocycles. The van der Waals surface area contributed by atoms with Crippen LogP contribution in [0.3, 0.4) is 0 Å². The van der Waals surface area contributed by atoms with E-state index in [1.54, 1.807) is 0 Å². The molecule has 0 spiro atoms. The third-order valence-corrected chi connectivity index (χ3v) is 3.56. The van der Waals surface area contributed by atoms with Crippen LogP contribution in [0.2, 0.25) is 0 Å². The maximum Gasteiger partial charge on any atom is 0.0192 e. The minimum absolute atomic E-state index is 0.736. The fourth-order valence-corrected chi connectivity index (χ4v) is 2.35. The van der Waals surface area contributed by atoms with Gasteiger partial charge in [0.05, 0.1) is 0 Å². The van der Waals surface area contributed by atoms with E-state index in [9.17, 15) is 0 Å². The Morgan fingerprint density at radius 2 is 2.38 bits per heavy atom. The molecule has 78 valence electrons. The lowest BCUT2D eigenvalue weighted by Gasteiger charge is -2.33. The largest absolute Gasteiger partial charge is 0.314 e. The Balaban J connectivity index is 2.05. The molecule has 0 amide bonds. The highest BCUT2D eigenvalue weighted by Crippen LogP contribution is 2.06. The van der Waals surface area contributed by atoms with E-state index in [0.29, 0.717) is 0 Å². The summed E-state index contributed by atoms with van der Waals surface area (Å²) in [5.41, 5.74) is 0. The van der Waals surface area contributed by atoms with Gasteiger partial charge < -0.3 is 5.32 Å². The minimum atomic E-state index is 0.736. The number of hydrogen-bond acceptors (Lipinski definition) is 3. The summed E-state index contributed by atoms with van der Waals surface area (Å²) in [6, 6.07) is 0.736. The van der Waals surface area contributed by atoms with Gasteiger partial charge in [0.2, 0.25) is 0 Å². The predicted molar refractivity (Wildman–Crippen MR) is 61.5 cm³/mol. The number of piperazine rings is 1. The quantitative estimate of drug-likeness (QED) is 0.679. The van der Waals surface area contributed by atoms with E-state index in [4.69, 9.17) is 0 Å². The van der Waals surface area contributed by atoms with Crippen molar-refractivity contribution in [2.75, 3.05) is 37.7 Å². The van der Waals surface area contributed by atoms with Gasteiger partial charge in [-0.1, -0.05) is 6.92 Å². The van der Waals surface area contributed by atoms with Gasteiger partial charge in [-0.3, -0.25) is 4.90 Å². The topological polar surface area (TPSA) is 15.3 Å². The average Bonchev–Trinajstić information content (AvgIpc) is 2.15. The highest BCUT2D eigenvalue weighted by Gasteiger charge is 2.16. The summed E-state index contributed by atoms with van der Waals surface area (Å²) in [6.07, 6.45) is 1.35. The Hall–Kier alpha value is 0.270. The van der Waals surface area contributed by atoms with Gasteiger partial charge in [-0.15, -0.1) is 0 Å². The van der Waals surface area contributed by atoms with Gasteiger partial charge in [0.25, 0.3) is 0 Å². The van der Waals surface area contributed by atoms with Crippen molar-refractivity contribution in [2.45, 2.75) is 26.3 Å². The second kappa shape index (κ2) is 6.68. The van der Waals surface area contributed by atoms with Crippen molar-refractivity contribution in [2.24, 2.45) is 0 Å². The third-order valence-electron chi connectivity index (χ3n) is 2.58. The number of nitrogens with zero attached hydrogens (tertiary/aromatic N) is 1. The molecule has 0 aliphatic carbocycles. The first kappa shape index (κ1) is 11.3. The Bertz CT molecular complexity index is 130. The van der Waals surface area contributed by atoms with Crippen molar-refractivity contribution in [1.82, 2.24) is 10.2 Å². The van der Waals surface area contributed by atoms with Gasteiger partial charge in [0, 0.05) is 25.7 Å². The summed E-state index contributed by atoms with van der Waals surface area (Å²) < 4.78 is 0. The smallest absolute Gasteiger partial charge is 0.0192 e. The second-order valence-electron chi connectivity index (χ2n) is 3.64. The van der Waals surface area contributed by atoms with Crippen LogP contribution in [-0.2, 0) is 0 Å². The van der Waals surface area contributed by atoms with Crippen molar-refractivity contribution < 1.29 is 0 Å². The second-order valence-corrected chi connectivity index (χ2v) is 5.03. The molecule has 1 N–H and O–H groups in total. The van der Waals surface area contributed by atoms with Crippen molar-refractivity contribution in [3.8, 4) is 0 Å². The average molecular weight is 202 g/mol. The molecule has 1 heterocycles. The van der Waals surface area contributed by atoms with Crippen molar-refractivity contribution >= 4 is 11.8 Å². The molecule has 1 aliphatic rings. The fraction of sp³-hybridized carbons (Fsp3) is 1.00. The van der Waals surface area contributed by atoms with Crippen LogP contribution in [0, 0.1) is 0 Å². The van der Waals surface area contributed by atoms with Gasteiger partial charge in [0.1, 0.15) is 0 Å². The van der Waals surface area contributed by atoms with Gasteiger partial charge in [-0.25, -0.2) is 0 Å². The molecule has 0 aromatic heterocycles. The molecule has 3 heteroatoms. The molecular weight excluding hydrogens is 180 g/mol. The molecule has 13 heavy (non-hydrogen) atoms. The molecule has 0 radical (unpaired) electrons. The normalized spacial score (nSPS) is 24.9. The molecule has 2 nitrogen and oxygen atoms in total. The summed E-state index contributed by atoms with van der Waals surface area (Å²) in [7, 11) is 0. The summed E-state index contributed by atoms with van der Waals surface area (Å²) in [5, 5.41) is 3.42. The Morgan fingerprint density at radius 1 is 1.54 bits per heavy atom. The van der Waals surface area contributed by atoms with Crippen LogP contribution < -0.4 is 5.32 Å². The molecule has 0 saturated carbocycles. The highest BCUT2D eigenvalue weighted by atomic mass is 32.2. The molecule has 0 aromatic rings. The van der Waals surface area contributed by atoms with Gasteiger partial charge in [0.15, 0.2) is 0 Å². The molecular formula is C10H22N2S. The Kier molecular flexibility index (Phi) is 5.83. The number of rotatable bonds is 5. The minimum Gasteiger partial charge on any atom is -0.314 e. The zero-order valence-electron chi connectivity index (χ0n) is 8.88. The standard InChI is InChI=1S/C10H22N2S/c1-3-13-8-4-6-12-7-5-11-9-10(12)2/h10-11H,3-9H2,1-2H3/t10-/m1/s1. The van der Waals surface area contributed by atoms with E-state index in [-0.39, 0.29) is 0 Å². The lowest BCUT2D eigenvalue weighted by atomic mass is 10.2. The highest BCUT2D eigenvalue weighted by molar-refractivity contribution is 7.99. The zero-order valence-corrected chi connectivity index (χ0v) is 9.70. The van der Waals surface area contributed by atoms with Crippen LogP contribution in [0.4, 0.5) is 0 Å². The molecule has 0 unspecified atom stereocenters.